The molecule has 0 aliphatic heterocycles. The number of likely N-dealkylation sites (N-methyl/N-ethyl adjacent to an activating group) is 2. The molecule has 1 aliphatic rings. The molecule has 1 unspecified atom stereocenters. The van der Waals surface area contributed by atoms with Crippen molar-refractivity contribution in [2.45, 2.75) is 37.3 Å². The molecule has 0 aromatic carbocycles. The van der Waals surface area contributed by atoms with Crippen molar-refractivity contribution in [3.63, 3.8) is 0 Å². The lowest BCUT2D eigenvalue weighted by Gasteiger charge is -2.49. The summed E-state index contributed by atoms with van der Waals surface area (Å²) in [6.07, 6.45) is 3.70. The number of hydrogen-bond donors (Lipinski definition) is 2. The quantitative estimate of drug-likeness (QED) is 0.665. The third kappa shape index (κ3) is 3.18. The van der Waals surface area contributed by atoms with Gasteiger partial charge in [-0.1, -0.05) is 0 Å². The van der Waals surface area contributed by atoms with Crippen LogP contribution in [0.5, 0.6) is 0 Å². The van der Waals surface area contributed by atoms with Gasteiger partial charge in [0.15, 0.2) is 0 Å². The first kappa shape index (κ1) is 14.4. The fraction of sp³-hybridized carbons (Fsp3) is 0.917. The van der Waals surface area contributed by atoms with Gasteiger partial charge >= 0.3 is 0 Å². The van der Waals surface area contributed by atoms with Gasteiger partial charge in [-0.25, -0.2) is 0 Å². The van der Waals surface area contributed by atoms with Crippen LogP contribution in [0.1, 0.15) is 26.2 Å². The van der Waals surface area contributed by atoms with Crippen LogP contribution in [0.4, 0.5) is 0 Å². The van der Waals surface area contributed by atoms with Gasteiger partial charge in [0.1, 0.15) is 5.54 Å². The van der Waals surface area contributed by atoms with Gasteiger partial charge in [0.25, 0.3) is 0 Å². The Morgan fingerprint density at radius 3 is 2.18 bits per heavy atom. The predicted molar refractivity (Wildman–Crippen MR) is 69.6 cm³/mol. The molecule has 1 saturated carbocycles. The average Bonchev–Trinajstić information content (AvgIpc) is 2.09. The first-order chi connectivity index (χ1) is 7.69. The summed E-state index contributed by atoms with van der Waals surface area (Å²) in [7, 11) is 6.23. The maximum absolute atomic E-state index is 11.2. The van der Waals surface area contributed by atoms with Crippen LogP contribution in [-0.2, 0) is 4.79 Å². The molecule has 1 amide bonds. The molecule has 4 N–H and O–H groups in total. The lowest BCUT2D eigenvalue weighted by atomic mass is 9.75. The number of nitrogens with two attached hydrogens (primary N) is 2. The number of primary amides is 1. The molecule has 5 nitrogen and oxygen atoms in total. The summed E-state index contributed by atoms with van der Waals surface area (Å²) < 4.78 is 0. The van der Waals surface area contributed by atoms with E-state index in [0.717, 1.165) is 6.54 Å². The number of carbonyl (C=O) groups excluding carboxylic acids is 1. The van der Waals surface area contributed by atoms with E-state index in [1.807, 2.05) is 7.05 Å². The zero-order valence-corrected chi connectivity index (χ0v) is 11.5. The van der Waals surface area contributed by atoms with E-state index in [2.05, 4.69) is 23.9 Å². The summed E-state index contributed by atoms with van der Waals surface area (Å²) in [4.78, 5) is 15.6. The topological polar surface area (TPSA) is 75.6 Å². The zero-order chi connectivity index (χ0) is 13.3. The lowest BCUT2D eigenvalue weighted by Crippen LogP contribution is -2.61. The predicted octanol–water partition coefficient (Wildman–Crippen LogP) is -0.395. The summed E-state index contributed by atoms with van der Waals surface area (Å²) in [5.41, 5.74) is 10.5. The Morgan fingerprint density at radius 2 is 1.88 bits per heavy atom. The molecule has 17 heavy (non-hydrogen) atoms. The van der Waals surface area contributed by atoms with Crippen molar-refractivity contribution >= 4 is 5.91 Å². The van der Waals surface area contributed by atoms with Crippen molar-refractivity contribution in [2.24, 2.45) is 11.5 Å². The van der Waals surface area contributed by atoms with Crippen molar-refractivity contribution in [3.05, 3.63) is 0 Å². The van der Waals surface area contributed by atoms with Crippen LogP contribution >= 0.6 is 0 Å². The highest BCUT2D eigenvalue weighted by Gasteiger charge is 2.40. The van der Waals surface area contributed by atoms with E-state index in [4.69, 9.17) is 11.5 Å². The van der Waals surface area contributed by atoms with E-state index in [9.17, 15) is 4.79 Å². The number of amides is 1. The van der Waals surface area contributed by atoms with Gasteiger partial charge in [0.2, 0.25) is 5.91 Å². The summed E-state index contributed by atoms with van der Waals surface area (Å²) in [5, 5.41) is 0. The Morgan fingerprint density at radius 1 is 1.35 bits per heavy atom. The third-order valence-electron chi connectivity index (χ3n) is 3.96. The molecule has 0 saturated heterocycles. The fourth-order valence-electron chi connectivity index (χ4n) is 2.53. The molecule has 0 heterocycles. The van der Waals surface area contributed by atoms with Gasteiger partial charge in [0.05, 0.1) is 0 Å². The van der Waals surface area contributed by atoms with E-state index in [1.54, 1.807) is 6.92 Å². The van der Waals surface area contributed by atoms with Crippen LogP contribution in [0.15, 0.2) is 0 Å². The van der Waals surface area contributed by atoms with Crippen molar-refractivity contribution in [1.82, 2.24) is 9.80 Å². The summed E-state index contributed by atoms with van der Waals surface area (Å²) in [6, 6.07) is 0. The minimum Gasteiger partial charge on any atom is -0.368 e. The van der Waals surface area contributed by atoms with Crippen LogP contribution in [0, 0.1) is 0 Å². The van der Waals surface area contributed by atoms with E-state index in [0.29, 0.717) is 6.54 Å². The standard InChI is InChI=1S/C12H26N4O/c1-11(14,10(13)17)8-16(4)9-12(15(2)3)6-5-7-12/h5-9,14H2,1-4H3,(H2,13,17). The van der Waals surface area contributed by atoms with Crippen LogP contribution in [-0.4, -0.2) is 61.0 Å². The van der Waals surface area contributed by atoms with E-state index < -0.39 is 11.4 Å². The second-order valence-electron chi connectivity index (χ2n) is 5.93. The van der Waals surface area contributed by atoms with Crippen LogP contribution < -0.4 is 11.5 Å². The highest BCUT2D eigenvalue weighted by Crippen LogP contribution is 2.36. The average molecular weight is 242 g/mol. The van der Waals surface area contributed by atoms with Crippen molar-refractivity contribution in [2.75, 3.05) is 34.2 Å². The molecule has 0 aromatic rings. The number of nitrogens with zero attached hydrogens (tertiary/aromatic N) is 2. The van der Waals surface area contributed by atoms with E-state index in [-0.39, 0.29) is 5.54 Å². The number of rotatable bonds is 6. The van der Waals surface area contributed by atoms with Gasteiger partial charge in [0, 0.05) is 18.6 Å². The highest BCUT2D eigenvalue weighted by atomic mass is 16.1. The molecule has 1 fully saturated rings. The Bertz CT molecular complexity index is 284. The van der Waals surface area contributed by atoms with Crippen molar-refractivity contribution < 1.29 is 4.79 Å². The minimum atomic E-state index is -0.952. The molecule has 0 bridgehead atoms. The van der Waals surface area contributed by atoms with Gasteiger partial charge in [-0.3, -0.25) is 4.79 Å². The zero-order valence-electron chi connectivity index (χ0n) is 11.5. The Balaban J connectivity index is 2.55. The van der Waals surface area contributed by atoms with Crippen LogP contribution in [0.2, 0.25) is 0 Å². The molecule has 0 spiro atoms. The Kier molecular flexibility index (Phi) is 4.17. The molecule has 1 aliphatic carbocycles. The molecular weight excluding hydrogens is 216 g/mol. The second-order valence-corrected chi connectivity index (χ2v) is 5.93. The molecule has 1 rings (SSSR count). The van der Waals surface area contributed by atoms with Gasteiger partial charge in [-0.05, 0) is 47.3 Å². The van der Waals surface area contributed by atoms with Crippen molar-refractivity contribution in [1.29, 1.82) is 0 Å². The maximum atomic E-state index is 11.2. The monoisotopic (exact) mass is 242 g/mol. The minimum absolute atomic E-state index is 0.252. The first-order valence-electron chi connectivity index (χ1n) is 6.14. The molecule has 100 valence electrons. The Hall–Kier alpha value is -0.650. The fourth-order valence-corrected chi connectivity index (χ4v) is 2.53. The number of hydrogen-bond acceptors (Lipinski definition) is 4. The van der Waals surface area contributed by atoms with Gasteiger partial charge in [-0.2, -0.15) is 0 Å². The second kappa shape index (κ2) is 4.92. The smallest absolute Gasteiger partial charge is 0.238 e. The molecule has 1 atom stereocenters. The van der Waals surface area contributed by atoms with E-state index >= 15 is 0 Å². The molecule has 5 heteroatoms. The lowest BCUT2D eigenvalue weighted by molar-refractivity contribution is -0.123. The largest absolute Gasteiger partial charge is 0.368 e. The van der Waals surface area contributed by atoms with Crippen LogP contribution in [0.25, 0.3) is 0 Å². The first-order valence-corrected chi connectivity index (χ1v) is 6.14. The molecule has 0 radical (unpaired) electrons. The summed E-state index contributed by atoms with van der Waals surface area (Å²) in [5.74, 6) is -0.447. The van der Waals surface area contributed by atoms with Gasteiger partial charge < -0.3 is 21.3 Å². The Labute approximate surface area is 104 Å². The normalized spacial score (nSPS) is 22.3. The van der Waals surface area contributed by atoms with E-state index in [1.165, 1.54) is 19.3 Å². The van der Waals surface area contributed by atoms with Crippen LogP contribution in [0.3, 0.4) is 0 Å². The SMILES string of the molecule is CN(CC(C)(N)C(N)=O)CC1(N(C)C)CCC1. The summed E-state index contributed by atoms with van der Waals surface area (Å²) >= 11 is 0. The number of carbonyl (C=O) groups is 1. The molecule has 0 aromatic heterocycles. The van der Waals surface area contributed by atoms with Crippen molar-refractivity contribution in [3.8, 4) is 0 Å². The van der Waals surface area contributed by atoms with Gasteiger partial charge in [-0.15, -0.1) is 0 Å². The molecular formula is C12H26N4O. The third-order valence-corrected chi connectivity index (χ3v) is 3.96. The highest BCUT2D eigenvalue weighted by molar-refractivity contribution is 5.84. The summed E-state index contributed by atoms with van der Waals surface area (Å²) in [6.45, 7) is 3.12. The maximum Gasteiger partial charge on any atom is 0.238 e.